The molecule has 0 aliphatic carbocycles. The number of nitrogens with zero attached hydrogens (tertiary/aromatic N) is 2. The summed E-state index contributed by atoms with van der Waals surface area (Å²) in [6.45, 7) is 6.43. The van der Waals surface area contributed by atoms with Crippen LogP contribution in [0.15, 0.2) is 22.7 Å². The molecule has 36 heavy (non-hydrogen) atoms. The van der Waals surface area contributed by atoms with Gasteiger partial charge in [-0.25, -0.2) is 19.4 Å². The number of aliphatic carboxylic acids is 1. The van der Waals surface area contributed by atoms with Crippen LogP contribution in [0.2, 0.25) is 0 Å². The number of nitrogens with one attached hydrogen (secondary N) is 2. The van der Waals surface area contributed by atoms with Gasteiger partial charge in [0, 0.05) is 16.7 Å². The molecular formula is C21H25N5O8S2. The van der Waals surface area contributed by atoms with Gasteiger partial charge in [0.15, 0.2) is 5.13 Å². The Bertz CT molecular complexity index is 1170. The number of thiazole rings is 1. The predicted molar refractivity (Wildman–Crippen MR) is 131 cm³/mol. The fourth-order valence-corrected chi connectivity index (χ4v) is 5.44. The first-order valence-corrected chi connectivity index (χ1v) is 12.5. The zero-order valence-electron chi connectivity index (χ0n) is 19.8. The zero-order chi connectivity index (χ0) is 26.8. The Hall–Kier alpha value is -3.59. The molecule has 1 saturated heterocycles. The van der Waals surface area contributed by atoms with Crippen LogP contribution in [-0.4, -0.2) is 74.3 Å². The number of carbonyl (C=O) groups is 5. The third kappa shape index (κ3) is 5.96. The van der Waals surface area contributed by atoms with Gasteiger partial charge in [0.2, 0.25) is 0 Å². The van der Waals surface area contributed by atoms with Crippen LogP contribution in [-0.2, 0) is 23.9 Å². The molecule has 5 N–H and O–H groups in total. The molecule has 1 aromatic rings. The number of allylic oxidation sites excluding steroid dienone is 1. The first-order chi connectivity index (χ1) is 16.8. The van der Waals surface area contributed by atoms with Gasteiger partial charge < -0.3 is 25.6 Å². The Kier molecular flexibility index (Phi) is 7.93. The molecule has 13 nitrogen and oxygen atoms in total. The Morgan fingerprint density at radius 2 is 2.03 bits per heavy atom. The topological polar surface area (TPSA) is 190 Å². The summed E-state index contributed by atoms with van der Waals surface area (Å²) in [5, 5.41) is 15.9. The average molecular weight is 540 g/mol. The van der Waals surface area contributed by atoms with Crippen LogP contribution in [0.3, 0.4) is 0 Å². The van der Waals surface area contributed by atoms with E-state index in [1.807, 2.05) is 0 Å². The molecule has 1 unspecified atom stereocenters. The van der Waals surface area contributed by atoms with Gasteiger partial charge in [-0.05, 0) is 27.7 Å². The summed E-state index contributed by atoms with van der Waals surface area (Å²) in [4.78, 5) is 65.7. The highest BCUT2D eigenvalue weighted by molar-refractivity contribution is 8.00. The number of amides is 4. The minimum Gasteiger partial charge on any atom is -0.477 e. The zero-order valence-corrected chi connectivity index (χ0v) is 21.4. The number of β-lactam (4-membered cyclic amide) rings is 1. The molecule has 2 aliphatic rings. The van der Waals surface area contributed by atoms with Crippen LogP contribution >= 0.6 is 23.1 Å². The van der Waals surface area contributed by atoms with E-state index in [1.165, 1.54) is 17.8 Å². The molecule has 3 heterocycles. The van der Waals surface area contributed by atoms with Gasteiger partial charge in [-0.2, -0.15) is 0 Å². The maximum absolute atomic E-state index is 13.0. The lowest BCUT2D eigenvalue weighted by Gasteiger charge is -2.49. The highest BCUT2D eigenvalue weighted by Gasteiger charge is 2.54. The van der Waals surface area contributed by atoms with E-state index in [9.17, 15) is 29.1 Å². The van der Waals surface area contributed by atoms with Crippen LogP contribution in [0.25, 0.3) is 5.57 Å². The average Bonchev–Trinajstić information content (AvgIpc) is 3.21. The van der Waals surface area contributed by atoms with Crippen molar-refractivity contribution < 1.29 is 38.6 Å². The van der Waals surface area contributed by atoms with Crippen molar-refractivity contribution in [3.05, 3.63) is 28.4 Å². The first-order valence-electron chi connectivity index (χ1n) is 10.6. The number of thioether (sulfide) groups is 1. The maximum Gasteiger partial charge on any atom is 0.413 e. The van der Waals surface area contributed by atoms with Crippen molar-refractivity contribution in [1.29, 1.82) is 0 Å². The Labute approximate surface area is 214 Å². The van der Waals surface area contributed by atoms with Crippen LogP contribution in [0, 0.1) is 0 Å². The van der Waals surface area contributed by atoms with Crippen molar-refractivity contribution >= 4 is 63.8 Å². The number of nitrogens with two attached hydrogens (primary N) is 1. The number of aromatic nitrogens is 1. The highest BCUT2D eigenvalue weighted by atomic mass is 32.2. The lowest BCUT2D eigenvalue weighted by Crippen LogP contribution is -2.70. The van der Waals surface area contributed by atoms with Crippen LogP contribution < -0.4 is 16.4 Å². The highest BCUT2D eigenvalue weighted by Crippen LogP contribution is 2.40. The van der Waals surface area contributed by atoms with E-state index in [0.717, 1.165) is 16.2 Å². The van der Waals surface area contributed by atoms with E-state index >= 15 is 0 Å². The molecule has 0 aromatic carbocycles. The molecule has 0 spiro atoms. The second kappa shape index (κ2) is 10.6. The Balaban J connectivity index is 1.68. The second-order valence-electron chi connectivity index (χ2n) is 8.59. The fourth-order valence-electron chi connectivity index (χ4n) is 3.41. The molecule has 1 fully saturated rings. The standard InChI is InChI=1S/C21H25N5O8S2/c1-5-10(11-8-36-19(23-11)25-20(32)34-21(2,3)4)14(27)24-12-15(28)26-13(17(29)30)9(6-33-18(22)31)7-35-16(12)26/h5,8,12,16H,6-7H2,1-4H3,(H2,22,31)(H,24,27)(H,29,30)(H,23,25,32)/b10-5-/t12?,16-/m0/s1. The van der Waals surface area contributed by atoms with Crippen molar-refractivity contribution in [2.45, 2.75) is 44.7 Å². The molecule has 15 heteroatoms. The van der Waals surface area contributed by atoms with E-state index in [1.54, 1.807) is 33.1 Å². The van der Waals surface area contributed by atoms with E-state index in [4.69, 9.17) is 10.5 Å². The number of carboxylic acids is 1. The molecule has 2 aliphatic heterocycles. The monoisotopic (exact) mass is 539 g/mol. The van der Waals surface area contributed by atoms with Gasteiger partial charge in [-0.15, -0.1) is 23.1 Å². The lowest BCUT2D eigenvalue weighted by atomic mass is 10.0. The SMILES string of the molecule is C/C=C(\C(=O)NC1C(=O)N2C(C(=O)O)=C(COC(N)=O)CS[C@@H]12)c1csc(NC(=O)OC(C)(C)C)n1. The van der Waals surface area contributed by atoms with Crippen molar-refractivity contribution in [2.75, 3.05) is 17.7 Å². The van der Waals surface area contributed by atoms with Gasteiger partial charge in [0.05, 0.1) is 11.3 Å². The number of hydrogen-bond donors (Lipinski definition) is 4. The molecule has 3 rings (SSSR count). The quantitative estimate of drug-likeness (QED) is 0.293. The van der Waals surface area contributed by atoms with Gasteiger partial charge in [-0.3, -0.25) is 19.8 Å². The van der Waals surface area contributed by atoms with Gasteiger partial charge in [-0.1, -0.05) is 6.08 Å². The van der Waals surface area contributed by atoms with Gasteiger partial charge in [0.25, 0.3) is 11.8 Å². The smallest absolute Gasteiger partial charge is 0.413 e. The number of anilines is 1. The summed E-state index contributed by atoms with van der Waals surface area (Å²) in [6, 6.07) is -0.969. The fraction of sp³-hybridized carbons (Fsp3) is 0.429. The predicted octanol–water partition coefficient (Wildman–Crippen LogP) is 1.73. The van der Waals surface area contributed by atoms with Gasteiger partial charge in [0.1, 0.15) is 29.3 Å². The Morgan fingerprint density at radius 1 is 1.33 bits per heavy atom. The number of carboxylic acid groups (broad SMARTS) is 1. The third-order valence-corrected chi connectivity index (χ3v) is 6.94. The van der Waals surface area contributed by atoms with Crippen LogP contribution in [0.4, 0.5) is 14.7 Å². The van der Waals surface area contributed by atoms with Crippen molar-refractivity contribution in [3.8, 4) is 0 Å². The minimum absolute atomic E-state index is 0.165. The number of rotatable bonds is 7. The van der Waals surface area contributed by atoms with E-state index in [2.05, 4.69) is 20.4 Å². The summed E-state index contributed by atoms with van der Waals surface area (Å²) >= 11 is 2.31. The number of hydrogen-bond acceptors (Lipinski definition) is 10. The summed E-state index contributed by atoms with van der Waals surface area (Å²) in [7, 11) is 0. The molecule has 0 radical (unpaired) electrons. The normalized spacial score (nSPS) is 19.7. The minimum atomic E-state index is -1.36. The summed E-state index contributed by atoms with van der Waals surface area (Å²) in [6.07, 6.45) is -0.240. The largest absolute Gasteiger partial charge is 0.477 e. The van der Waals surface area contributed by atoms with Crippen LogP contribution in [0.5, 0.6) is 0 Å². The van der Waals surface area contributed by atoms with Crippen molar-refractivity contribution in [2.24, 2.45) is 5.73 Å². The van der Waals surface area contributed by atoms with E-state index in [-0.39, 0.29) is 40.0 Å². The molecule has 4 amide bonds. The Morgan fingerprint density at radius 3 is 2.61 bits per heavy atom. The summed E-state index contributed by atoms with van der Waals surface area (Å²) in [5.41, 5.74) is 4.64. The molecule has 1 aromatic heterocycles. The van der Waals surface area contributed by atoms with Crippen LogP contribution in [0.1, 0.15) is 33.4 Å². The van der Waals surface area contributed by atoms with E-state index < -0.39 is 47.0 Å². The van der Waals surface area contributed by atoms with Gasteiger partial charge >= 0.3 is 18.2 Å². The number of fused-ring (bicyclic) bond motifs is 1. The molecule has 0 bridgehead atoms. The molecular weight excluding hydrogens is 514 g/mol. The first kappa shape index (κ1) is 27.0. The summed E-state index contributed by atoms with van der Waals surface area (Å²) < 4.78 is 9.87. The third-order valence-electron chi connectivity index (χ3n) is 4.85. The van der Waals surface area contributed by atoms with Crippen molar-refractivity contribution in [3.63, 3.8) is 0 Å². The number of carbonyl (C=O) groups excluding carboxylic acids is 4. The van der Waals surface area contributed by atoms with E-state index in [0.29, 0.717) is 0 Å². The number of ether oxygens (including phenoxy) is 2. The van der Waals surface area contributed by atoms with Crippen molar-refractivity contribution in [1.82, 2.24) is 15.2 Å². The summed E-state index contributed by atoms with van der Waals surface area (Å²) in [5.74, 6) is -2.40. The maximum atomic E-state index is 13.0. The molecule has 2 atom stereocenters. The molecule has 194 valence electrons. The second-order valence-corrected chi connectivity index (χ2v) is 10.6. The molecule has 0 saturated carbocycles. The lowest BCUT2D eigenvalue weighted by molar-refractivity contribution is -0.150. The number of primary amides is 1.